The summed E-state index contributed by atoms with van der Waals surface area (Å²) in [6.07, 6.45) is 7.32. The average molecular weight is 356 g/mol. The number of nitrogens with one attached hydrogen (secondary N) is 1. The van der Waals surface area contributed by atoms with Gasteiger partial charge in [-0.25, -0.2) is 9.69 Å². The van der Waals surface area contributed by atoms with E-state index in [-0.39, 0.29) is 6.67 Å². The first-order chi connectivity index (χ1) is 12.6. The molecule has 1 aliphatic carbocycles. The summed E-state index contributed by atoms with van der Waals surface area (Å²) in [6, 6.07) is 9.40. The number of hydrogen-bond acceptors (Lipinski definition) is 3. The molecule has 138 valence electrons. The van der Waals surface area contributed by atoms with E-state index in [9.17, 15) is 14.4 Å². The molecule has 1 aromatic carbocycles. The number of carbonyl (C=O) groups is 3. The van der Waals surface area contributed by atoms with Crippen LogP contribution in [0.4, 0.5) is 4.79 Å². The van der Waals surface area contributed by atoms with E-state index in [1.54, 1.807) is 0 Å². The van der Waals surface area contributed by atoms with Gasteiger partial charge in [-0.1, -0.05) is 42.0 Å². The molecule has 1 atom stereocenters. The number of rotatable bonds is 7. The van der Waals surface area contributed by atoms with Crippen LogP contribution in [0.2, 0.25) is 0 Å². The van der Waals surface area contributed by atoms with Gasteiger partial charge in [0.1, 0.15) is 6.54 Å². The fourth-order valence-corrected chi connectivity index (χ4v) is 3.54. The maximum absolute atomic E-state index is 12.6. The minimum Gasteiger partial charge on any atom is -0.316 e. The maximum atomic E-state index is 12.6. The normalized spacial score (nSPS) is 19.1. The Kier molecular flexibility index (Phi) is 5.83. The van der Waals surface area contributed by atoms with E-state index in [0.29, 0.717) is 19.5 Å². The quantitative estimate of drug-likeness (QED) is 0.456. The van der Waals surface area contributed by atoms with Gasteiger partial charge in [-0.2, -0.15) is 0 Å². The number of amides is 4. The van der Waals surface area contributed by atoms with Crippen LogP contribution in [0.15, 0.2) is 42.0 Å². The van der Waals surface area contributed by atoms with E-state index in [4.69, 9.17) is 0 Å². The van der Waals surface area contributed by atoms with Gasteiger partial charge in [0.05, 0.1) is 7.05 Å². The molecule has 0 radical (unpaired) electrons. The SMILES string of the molecule is C[NH+](Cc1ccccc1)CN1C(=O)C(=O)N(CCC2=CCCCC2)C1=O. The van der Waals surface area contributed by atoms with Crippen LogP contribution in [-0.4, -0.2) is 47.9 Å². The van der Waals surface area contributed by atoms with E-state index in [2.05, 4.69) is 6.08 Å². The van der Waals surface area contributed by atoms with E-state index in [0.717, 1.165) is 39.5 Å². The molecule has 3 rings (SSSR count). The zero-order valence-electron chi connectivity index (χ0n) is 15.2. The zero-order chi connectivity index (χ0) is 18.5. The van der Waals surface area contributed by atoms with Crippen LogP contribution in [0.1, 0.15) is 37.7 Å². The number of carbonyl (C=O) groups excluding carboxylic acids is 3. The lowest BCUT2D eigenvalue weighted by atomic mass is 9.97. The molecule has 1 fully saturated rings. The van der Waals surface area contributed by atoms with Crippen molar-refractivity contribution in [1.29, 1.82) is 0 Å². The molecular weight excluding hydrogens is 330 g/mol. The lowest BCUT2D eigenvalue weighted by Gasteiger charge is -2.20. The van der Waals surface area contributed by atoms with Crippen molar-refractivity contribution in [3.05, 3.63) is 47.5 Å². The second-order valence-electron chi connectivity index (χ2n) is 7.11. The molecule has 0 aromatic heterocycles. The van der Waals surface area contributed by atoms with Crippen LogP contribution in [0.3, 0.4) is 0 Å². The molecule has 1 aliphatic heterocycles. The summed E-state index contributed by atoms with van der Waals surface area (Å²) in [6.45, 7) is 1.17. The van der Waals surface area contributed by atoms with Gasteiger partial charge in [-0.3, -0.25) is 14.5 Å². The van der Waals surface area contributed by atoms with Crippen LogP contribution in [0, 0.1) is 0 Å². The number of benzene rings is 1. The van der Waals surface area contributed by atoms with Crippen molar-refractivity contribution in [2.45, 2.75) is 38.6 Å². The van der Waals surface area contributed by atoms with Gasteiger partial charge >= 0.3 is 17.8 Å². The van der Waals surface area contributed by atoms with Crippen molar-refractivity contribution in [2.75, 3.05) is 20.3 Å². The highest BCUT2D eigenvalue weighted by molar-refractivity contribution is 6.44. The zero-order valence-corrected chi connectivity index (χ0v) is 15.2. The van der Waals surface area contributed by atoms with Gasteiger partial charge in [-0.15, -0.1) is 0 Å². The summed E-state index contributed by atoms with van der Waals surface area (Å²) < 4.78 is 0. The highest BCUT2D eigenvalue weighted by atomic mass is 16.2. The smallest absolute Gasteiger partial charge is 0.316 e. The molecule has 0 spiro atoms. The Labute approximate surface area is 154 Å². The molecule has 1 heterocycles. The summed E-state index contributed by atoms with van der Waals surface area (Å²) >= 11 is 0. The summed E-state index contributed by atoms with van der Waals surface area (Å²) in [5.74, 6) is -1.40. The molecule has 1 N–H and O–H groups in total. The fraction of sp³-hybridized carbons (Fsp3) is 0.450. The third-order valence-corrected chi connectivity index (χ3v) is 4.95. The summed E-state index contributed by atoms with van der Waals surface area (Å²) in [7, 11) is 1.91. The molecule has 6 heteroatoms. The van der Waals surface area contributed by atoms with Crippen molar-refractivity contribution >= 4 is 17.8 Å². The molecule has 26 heavy (non-hydrogen) atoms. The fourth-order valence-electron chi connectivity index (χ4n) is 3.54. The first-order valence-electron chi connectivity index (χ1n) is 9.26. The van der Waals surface area contributed by atoms with Crippen molar-refractivity contribution in [3.8, 4) is 0 Å². The lowest BCUT2D eigenvalue weighted by Crippen LogP contribution is -3.09. The predicted molar refractivity (Wildman–Crippen MR) is 97.0 cm³/mol. The third kappa shape index (κ3) is 4.19. The molecule has 4 amide bonds. The number of urea groups is 1. The number of imide groups is 2. The van der Waals surface area contributed by atoms with Crippen molar-refractivity contribution in [3.63, 3.8) is 0 Å². The minimum atomic E-state index is -0.708. The second-order valence-corrected chi connectivity index (χ2v) is 7.11. The molecule has 1 unspecified atom stereocenters. The molecule has 6 nitrogen and oxygen atoms in total. The van der Waals surface area contributed by atoms with Crippen LogP contribution in [0.5, 0.6) is 0 Å². The standard InChI is InChI=1S/C20H25N3O3/c1-21(14-17-10-6-3-7-11-17)15-23-19(25)18(24)22(20(23)26)13-12-16-8-4-2-5-9-16/h3,6-8,10-11H,2,4-5,9,12-15H2,1H3/p+1. The Hall–Kier alpha value is -2.47. The monoisotopic (exact) mass is 356 g/mol. The Morgan fingerprint density at radius 1 is 1.00 bits per heavy atom. The van der Waals surface area contributed by atoms with Crippen molar-refractivity contribution in [1.82, 2.24) is 9.80 Å². The second kappa shape index (κ2) is 8.27. The lowest BCUT2D eigenvalue weighted by molar-refractivity contribution is -0.901. The van der Waals surface area contributed by atoms with Crippen LogP contribution in [-0.2, 0) is 16.1 Å². The predicted octanol–water partition coefficient (Wildman–Crippen LogP) is 1.34. The van der Waals surface area contributed by atoms with Gasteiger partial charge in [0.15, 0.2) is 6.67 Å². The number of allylic oxidation sites excluding steroid dienone is 1. The van der Waals surface area contributed by atoms with Crippen LogP contribution < -0.4 is 4.90 Å². The number of quaternary nitrogens is 1. The van der Waals surface area contributed by atoms with Crippen LogP contribution in [0.25, 0.3) is 0 Å². The molecule has 0 saturated carbocycles. The molecule has 2 aliphatic rings. The topological polar surface area (TPSA) is 62.1 Å². The molecule has 1 saturated heterocycles. The minimum absolute atomic E-state index is 0.192. The van der Waals surface area contributed by atoms with E-state index >= 15 is 0 Å². The summed E-state index contributed by atoms with van der Waals surface area (Å²) in [5, 5.41) is 0. The molecule has 0 bridgehead atoms. The molecular formula is C20H26N3O3+. The summed E-state index contributed by atoms with van der Waals surface area (Å²) in [4.78, 5) is 40.2. The first-order valence-corrected chi connectivity index (χ1v) is 9.26. The van der Waals surface area contributed by atoms with Gasteiger partial charge in [-0.05, 0) is 32.1 Å². The number of nitrogens with zero attached hydrogens (tertiary/aromatic N) is 2. The maximum Gasteiger partial charge on any atom is 0.338 e. The van der Waals surface area contributed by atoms with Gasteiger partial charge in [0.25, 0.3) is 0 Å². The first kappa shape index (κ1) is 18.3. The average Bonchev–Trinajstić information content (AvgIpc) is 2.85. The Balaban J connectivity index is 1.58. The largest absolute Gasteiger partial charge is 0.338 e. The third-order valence-electron chi connectivity index (χ3n) is 4.95. The molecule has 1 aromatic rings. The van der Waals surface area contributed by atoms with Crippen molar-refractivity contribution < 1.29 is 19.3 Å². The van der Waals surface area contributed by atoms with E-state index in [1.807, 2.05) is 37.4 Å². The number of hydrogen-bond donors (Lipinski definition) is 1. The van der Waals surface area contributed by atoms with Gasteiger partial charge < -0.3 is 4.90 Å². The summed E-state index contributed by atoms with van der Waals surface area (Å²) in [5.41, 5.74) is 2.41. The van der Waals surface area contributed by atoms with E-state index < -0.39 is 17.8 Å². The van der Waals surface area contributed by atoms with Gasteiger partial charge in [0, 0.05) is 12.1 Å². The Morgan fingerprint density at radius 2 is 1.73 bits per heavy atom. The van der Waals surface area contributed by atoms with Crippen LogP contribution >= 0.6 is 0 Å². The highest BCUT2D eigenvalue weighted by Gasteiger charge is 2.45. The highest BCUT2D eigenvalue weighted by Crippen LogP contribution is 2.21. The van der Waals surface area contributed by atoms with Crippen molar-refractivity contribution in [2.24, 2.45) is 0 Å². The van der Waals surface area contributed by atoms with E-state index in [1.165, 1.54) is 12.0 Å². The Bertz CT molecular complexity index is 714. The Morgan fingerprint density at radius 3 is 2.42 bits per heavy atom. The van der Waals surface area contributed by atoms with Gasteiger partial charge in [0.2, 0.25) is 0 Å².